The zero-order chi connectivity index (χ0) is 12.5. The van der Waals surface area contributed by atoms with Gasteiger partial charge in [-0.3, -0.25) is 0 Å². The van der Waals surface area contributed by atoms with Crippen LogP contribution in [0.4, 0.5) is 0 Å². The van der Waals surface area contributed by atoms with Crippen LogP contribution in [0.1, 0.15) is 32.6 Å². The van der Waals surface area contributed by atoms with Gasteiger partial charge in [0.1, 0.15) is 0 Å². The minimum Gasteiger partial charge on any atom is -0.195 e. The van der Waals surface area contributed by atoms with Gasteiger partial charge < -0.3 is 0 Å². The van der Waals surface area contributed by atoms with Crippen LogP contribution in [0.3, 0.4) is 0 Å². The zero-order valence-corrected chi connectivity index (χ0v) is 12.7. The number of piperidine rings is 1. The highest BCUT2D eigenvalue weighted by atomic mass is 79.9. The van der Waals surface area contributed by atoms with E-state index in [1.165, 1.54) is 0 Å². The highest BCUT2D eigenvalue weighted by molar-refractivity contribution is 9.09. The smallest absolute Gasteiger partial charge is 0.195 e. The Morgan fingerprint density at radius 1 is 1.18 bits per heavy atom. The Labute approximate surface area is 113 Å². The minimum absolute atomic E-state index is 0.127. The molecule has 0 saturated carbocycles. The number of halogens is 1. The van der Waals surface area contributed by atoms with Crippen LogP contribution in [0.5, 0.6) is 0 Å². The third-order valence-corrected chi connectivity index (χ3v) is 6.65. The second kappa shape index (κ2) is 5.55. The second-order valence-electron chi connectivity index (χ2n) is 5.07. The van der Waals surface area contributed by atoms with Crippen molar-refractivity contribution < 1.29 is 8.42 Å². The maximum Gasteiger partial charge on any atom is 0.282 e. The Morgan fingerprint density at radius 2 is 1.82 bits per heavy atom. The van der Waals surface area contributed by atoms with Gasteiger partial charge in [0.05, 0.1) is 0 Å². The SMILES string of the molecule is CC1CCN(S(=O)(=O)N2CCCCC2)C1CBr. The van der Waals surface area contributed by atoms with Crippen LogP contribution < -0.4 is 0 Å². The lowest BCUT2D eigenvalue weighted by molar-refractivity contribution is 0.293. The van der Waals surface area contributed by atoms with Crippen molar-refractivity contribution in [2.75, 3.05) is 25.0 Å². The van der Waals surface area contributed by atoms with E-state index in [0.717, 1.165) is 31.0 Å². The van der Waals surface area contributed by atoms with Gasteiger partial charge in [-0.15, -0.1) is 0 Å². The summed E-state index contributed by atoms with van der Waals surface area (Å²) in [5.41, 5.74) is 0. The van der Waals surface area contributed by atoms with Crippen LogP contribution in [0.2, 0.25) is 0 Å². The predicted octanol–water partition coefficient (Wildman–Crippen LogP) is 1.82. The molecule has 0 spiro atoms. The average molecular weight is 325 g/mol. The molecule has 2 aliphatic heterocycles. The molecule has 2 fully saturated rings. The van der Waals surface area contributed by atoms with E-state index in [1.54, 1.807) is 8.61 Å². The molecule has 0 aromatic heterocycles. The van der Waals surface area contributed by atoms with Crippen LogP contribution in [0.25, 0.3) is 0 Å². The molecule has 100 valence electrons. The lowest BCUT2D eigenvalue weighted by atomic mass is 10.1. The number of rotatable bonds is 3. The van der Waals surface area contributed by atoms with Gasteiger partial charge in [0.2, 0.25) is 0 Å². The van der Waals surface area contributed by atoms with Crippen molar-refractivity contribution in [1.82, 2.24) is 8.61 Å². The Bertz CT molecular complexity index is 354. The molecule has 17 heavy (non-hydrogen) atoms. The van der Waals surface area contributed by atoms with E-state index in [4.69, 9.17) is 0 Å². The third kappa shape index (κ3) is 2.69. The summed E-state index contributed by atoms with van der Waals surface area (Å²) < 4.78 is 28.4. The molecule has 2 atom stereocenters. The van der Waals surface area contributed by atoms with Crippen molar-refractivity contribution in [1.29, 1.82) is 0 Å². The fraction of sp³-hybridized carbons (Fsp3) is 1.00. The number of nitrogens with zero attached hydrogens (tertiary/aromatic N) is 2. The van der Waals surface area contributed by atoms with Crippen molar-refractivity contribution in [3.05, 3.63) is 0 Å². The van der Waals surface area contributed by atoms with Crippen molar-refractivity contribution in [3.8, 4) is 0 Å². The van der Waals surface area contributed by atoms with Crippen LogP contribution in [-0.4, -0.2) is 48.0 Å². The molecule has 0 amide bonds. The summed E-state index contributed by atoms with van der Waals surface area (Å²) in [6.07, 6.45) is 4.14. The first kappa shape index (κ1) is 13.8. The molecular weight excluding hydrogens is 304 g/mol. The molecule has 6 heteroatoms. The standard InChI is InChI=1S/C11H21BrN2O2S/c1-10-5-8-14(11(10)9-12)17(15,16)13-6-3-2-4-7-13/h10-11H,2-9H2,1H3. The number of alkyl halides is 1. The Balaban J connectivity index is 2.14. The lowest BCUT2D eigenvalue weighted by Gasteiger charge is -2.33. The van der Waals surface area contributed by atoms with Gasteiger partial charge >= 0.3 is 0 Å². The summed E-state index contributed by atoms with van der Waals surface area (Å²) in [5.74, 6) is 0.453. The topological polar surface area (TPSA) is 40.6 Å². The minimum atomic E-state index is -3.22. The average Bonchev–Trinajstić information content (AvgIpc) is 2.72. The van der Waals surface area contributed by atoms with Gasteiger partial charge in [0.25, 0.3) is 10.2 Å². The largest absolute Gasteiger partial charge is 0.282 e. The highest BCUT2D eigenvalue weighted by Crippen LogP contribution is 2.30. The summed E-state index contributed by atoms with van der Waals surface area (Å²) in [7, 11) is -3.22. The van der Waals surface area contributed by atoms with Crippen LogP contribution in [0, 0.1) is 5.92 Å². The molecule has 2 unspecified atom stereocenters. The molecule has 0 bridgehead atoms. The summed E-state index contributed by atoms with van der Waals surface area (Å²) in [4.78, 5) is 0. The zero-order valence-electron chi connectivity index (χ0n) is 10.3. The van der Waals surface area contributed by atoms with Crippen molar-refractivity contribution in [3.63, 3.8) is 0 Å². The summed E-state index contributed by atoms with van der Waals surface area (Å²) in [5, 5.41) is 0.737. The van der Waals surface area contributed by atoms with E-state index in [1.807, 2.05) is 0 Å². The van der Waals surface area contributed by atoms with Gasteiger partial charge in [0, 0.05) is 31.0 Å². The molecule has 0 N–H and O–H groups in total. The van der Waals surface area contributed by atoms with Gasteiger partial charge in [-0.2, -0.15) is 17.0 Å². The van der Waals surface area contributed by atoms with E-state index in [-0.39, 0.29) is 6.04 Å². The van der Waals surface area contributed by atoms with Gasteiger partial charge in [-0.1, -0.05) is 29.3 Å². The van der Waals surface area contributed by atoms with E-state index in [0.29, 0.717) is 25.6 Å². The Kier molecular flexibility index (Phi) is 4.50. The monoisotopic (exact) mass is 324 g/mol. The maximum absolute atomic E-state index is 12.5. The van der Waals surface area contributed by atoms with E-state index >= 15 is 0 Å². The van der Waals surface area contributed by atoms with Crippen molar-refractivity contribution >= 4 is 26.1 Å². The van der Waals surface area contributed by atoms with E-state index in [2.05, 4.69) is 22.9 Å². The molecular formula is C11H21BrN2O2S. The van der Waals surface area contributed by atoms with Crippen molar-refractivity contribution in [2.24, 2.45) is 5.92 Å². The first-order valence-corrected chi connectivity index (χ1v) is 8.92. The van der Waals surface area contributed by atoms with E-state index in [9.17, 15) is 8.42 Å². The maximum atomic E-state index is 12.5. The molecule has 2 rings (SSSR count). The Hall–Kier alpha value is 0.350. The molecule has 0 aromatic carbocycles. The molecule has 2 heterocycles. The second-order valence-corrected chi connectivity index (χ2v) is 7.59. The molecule has 2 aliphatic rings. The first-order valence-electron chi connectivity index (χ1n) is 6.40. The third-order valence-electron chi connectivity index (χ3n) is 3.93. The predicted molar refractivity (Wildman–Crippen MR) is 72.4 cm³/mol. The van der Waals surface area contributed by atoms with Crippen molar-refractivity contribution in [2.45, 2.75) is 38.6 Å². The van der Waals surface area contributed by atoms with Gasteiger partial charge in [-0.25, -0.2) is 0 Å². The fourth-order valence-electron chi connectivity index (χ4n) is 2.73. The summed E-state index contributed by atoms with van der Waals surface area (Å²) >= 11 is 3.45. The number of hydrogen-bond acceptors (Lipinski definition) is 2. The quantitative estimate of drug-likeness (QED) is 0.743. The first-order chi connectivity index (χ1) is 8.07. The van der Waals surface area contributed by atoms with Crippen LogP contribution >= 0.6 is 15.9 Å². The van der Waals surface area contributed by atoms with E-state index < -0.39 is 10.2 Å². The molecule has 0 radical (unpaired) electrons. The van der Waals surface area contributed by atoms with Crippen LogP contribution in [-0.2, 0) is 10.2 Å². The summed E-state index contributed by atoms with van der Waals surface area (Å²) in [6, 6.07) is 0.127. The fourth-order valence-corrected chi connectivity index (χ4v) is 5.89. The summed E-state index contributed by atoms with van der Waals surface area (Å²) in [6.45, 7) is 4.21. The lowest BCUT2D eigenvalue weighted by Crippen LogP contribution is -2.49. The van der Waals surface area contributed by atoms with Crippen LogP contribution in [0.15, 0.2) is 0 Å². The van der Waals surface area contributed by atoms with Gasteiger partial charge in [-0.05, 0) is 25.2 Å². The van der Waals surface area contributed by atoms with Gasteiger partial charge in [0.15, 0.2) is 0 Å². The molecule has 0 aliphatic carbocycles. The molecule has 0 aromatic rings. The normalized spacial score (nSPS) is 33.1. The molecule has 2 saturated heterocycles. The molecule has 4 nitrogen and oxygen atoms in total. The Morgan fingerprint density at radius 3 is 2.41 bits per heavy atom. The highest BCUT2D eigenvalue weighted by Gasteiger charge is 2.41. The number of hydrogen-bond donors (Lipinski definition) is 0.